The van der Waals surface area contributed by atoms with Crippen molar-refractivity contribution < 1.29 is 0 Å². The van der Waals surface area contributed by atoms with E-state index in [0.29, 0.717) is 0 Å². The van der Waals surface area contributed by atoms with Crippen LogP contribution in [0.15, 0.2) is 15.8 Å². The third-order valence-electron chi connectivity index (χ3n) is 2.18. The number of aromatic nitrogens is 3. The summed E-state index contributed by atoms with van der Waals surface area (Å²) >= 11 is 3.35. The fraction of sp³-hybridized carbons (Fsp3) is 0.417. The first-order chi connectivity index (χ1) is 8.67. The van der Waals surface area contributed by atoms with Crippen LogP contribution in [-0.2, 0) is 5.75 Å². The predicted molar refractivity (Wildman–Crippen MR) is 77.3 cm³/mol. The summed E-state index contributed by atoms with van der Waals surface area (Å²) in [5.74, 6) is 2.51. The lowest BCUT2D eigenvalue weighted by Crippen LogP contribution is -2.04. The minimum absolute atomic E-state index is 0.757. The molecule has 0 aliphatic heterocycles. The fourth-order valence-corrected chi connectivity index (χ4v) is 3.20. The normalized spacial score (nSPS) is 10.6. The van der Waals surface area contributed by atoms with Gasteiger partial charge in [-0.1, -0.05) is 11.8 Å². The van der Waals surface area contributed by atoms with E-state index in [4.69, 9.17) is 0 Å². The van der Waals surface area contributed by atoms with Crippen LogP contribution < -0.4 is 5.32 Å². The molecule has 2 aromatic rings. The molecule has 0 aliphatic carbocycles. The number of rotatable bonds is 5. The molecular weight excluding hydrogens is 264 g/mol. The maximum absolute atomic E-state index is 4.48. The van der Waals surface area contributed by atoms with Crippen molar-refractivity contribution in [2.45, 2.75) is 30.9 Å². The van der Waals surface area contributed by atoms with Crippen molar-refractivity contribution in [3.05, 3.63) is 28.7 Å². The van der Waals surface area contributed by atoms with E-state index in [1.54, 1.807) is 23.1 Å². The molecule has 0 atom stereocenters. The first-order valence-electron chi connectivity index (χ1n) is 5.80. The van der Waals surface area contributed by atoms with Crippen LogP contribution in [0.1, 0.15) is 24.1 Å². The van der Waals surface area contributed by atoms with E-state index in [1.165, 1.54) is 0 Å². The quantitative estimate of drug-likeness (QED) is 0.852. The highest BCUT2D eigenvalue weighted by Gasteiger charge is 2.05. The van der Waals surface area contributed by atoms with E-state index in [9.17, 15) is 0 Å². The number of hydrogen-bond donors (Lipinski definition) is 1. The molecule has 2 heterocycles. The largest absolute Gasteiger partial charge is 0.370 e. The molecule has 0 unspecified atom stereocenters. The smallest absolute Gasteiger partial charge is 0.150 e. The Labute approximate surface area is 115 Å². The van der Waals surface area contributed by atoms with Gasteiger partial charge in [0.1, 0.15) is 11.6 Å². The van der Waals surface area contributed by atoms with Crippen LogP contribution in [0.2, 0.25) is 0 Å². The molecule has 1 N–H and O–H groups in total. The van der Waals surface area contributed by atoms with Gasteiger partial charge in [-0.2, -0.15) is 0 Å². The minimum Gasteiger partial charge on any atom is -0.370 e. The molecule has 0 spiro atoms. The molecule has 2 aromatic heterocycles. The van der Waals surface area contributed by atoms with Crippen molar-refractivity contribution in [1.29, 1.82) is 0 Å². The van der Waals surface area contributed by atoms with Crippen LogP contribution in [0.25, 0.3) is 0 Å². The molecule has 0 amide bonds. The Kier molecular flexibility index (Phi) is 4.54. The summed E-state index contributed by atoms with van der Waals surface area (Å²) in [6, 6.07) is 1.96. The summed E-state index contributed by atoms with van der Waals surface area (Å²) in [6.45, 7) is 6.93. The lowest BCUT2D eigenvalue weighted by atomic mass is 10.4. The molecule has 0 aromatic carbocycles. The highest BCUT2D eigenvalue weighted by atomic mass is 32.2. The predicted octanol–water partition coefficient (Wildman–Crippen LogP) is 3.27. The number of aryl methyl sites for hydroxylation is 2. The van der Waals surface area contributed by atoms with Crippen molar-refractivity contribution in [3.63, 3.8) is 0 Å². The molecule has 0 aliphatic rings. The SMILES string of the molecule is CCNc1cc(C)nc(CSc2nc(C)cs2)n1. The maximum Gasteiger partial charge on any atom is 0.150 e. The number of anilines is 1. The first kappa shape index (κ1) is 13.3. The molecular formula is C12H16N4S2. The van der Waals surface area contributed by atoms with Crippen LogP contribution >= 0.6 is 23.1 Å². The summed E-state index contributed by atoms with van der Waals surface area (Å²) in [7, 11) is 0. The van der Waals surface area contributed by atoms with Gasteiger partial charge in [0.2, 0.25) is 0 Å². The van der Waals surface area contributed by atoms with Crippen LogP contribution in [-0.4, -0.2) is 21.5 Å². The lowest BCUT2D eigenvalue weighted by Gasteiger charge is -2.05. The summed E-state index contributed by atoms with van der Waals surface area (Å²) in [4.78, 5) is 13.3. The lowest BCUT2D eigenvalue weighted by molar-refractivity contribution is 0.985. The number of hydrogen-bond acceptors (Lipinski definition) is 6. The third kappa shape index (κ3) is 3.68. The minimum atomic E-state index is 0.757. The average molecular weight is 280 g/mol. The Morgan fingerprint density at radius 2 is 2.06 bits per heavy atom. The van der Waals surface area contributed by atoms with Gasteiger partial charge in [0.15, 0.2) is 4.34 Å². The molecule has 0 saturated heterocycles. The van der Waals surface area contributed by atoms with Crippen molar-refractivity contribution in [2.24, 2.45) is 0 Å². The van der Waals surface area contributed by atoms with Gasteiger partial charge in [0.25, 0.3) is 0 Å². The molecule has 4 nitrogen and oxygen atoms in total. The first-order valence-corrected chi connectivity index (χ1v) is 7.67. The van der Waals surface area contributed by atoms with Gasteiger partial charge in [-0.25, -0.2) is 15.0 Å². The van der Waals surface area contributed by atoms with E-state index in [2.05, 4.69) is 32.6 Å². The topological polar surface area (TPSA) is 50.7 Å². The molecule has 0 radical (unpaired) electrons. The van der Waals surface area contributed by atoms with Crippen LogP contribution in [0.3, 0.4) is 0 Å². The van der Waals surface area contributed by atoms with Gasteiger partial charge >= 0.3 is 0 Å². The highest BCUT2D eigenvalue weighted by Crippen LogP contribution is 2.25. The van der Waals surface area contributed by atoms with Gasteiger partial charge < -0.3 is 5.32 Å². The Hall–Kier alpha value is -1.14. The molecule has 6 heteroatoms. The number of nitrogens with zero attached hydrogens (tertiary/aromatic N) is 3. The number of thioether (sulfide) groups is 1. The number of nitrogens with one attached hydrogen (secondary N) is 1. The van der Waals surface area contributed by atoms with E-state index >= 15 is 0 Å². The van der Waals surface area contributed by atoms with Crippen molar-refractivity contribution >= 4 is 28.9 Å². The summed E-state index contributed by atoms with van der Waals surface area (Å²) in [5, 5.41) is 5.28. The second kappa shape index (κ2) is 6.15. The fourth-order valence-electron chi connectivity index (χ4n) is 1.49. The summed E-state index contributed by atoms with van der Waals surface area (Å²) in [6.07, 6.45) is 0. The molecule has 18 heavy (non-hydrogen) atoms. The standard InChI is InChI=1S/C12H16N4S2/c1-4-13-10-5-8(2)14-11(16-10)7-18-12-15-9(3)6-17-12/h5-6H,4,7H2,1-3H3,(H,13,14,16). The Morgan fingerprint density at radius 3 is 2.72 bits per heavy atom. The number of thiazole rings is 1. The van der Waals surface area contributed by atoms with E-state index in [-0.39, 0.29) is 0 Å². The molecule has 0 bridgehead atoms. The Balaban J connectivity index is 2.04. The van der Waals surface area contributed by atoms with Gasteiger partial charge in [-0.05, 0) is 20.8 Å². The second-order valence-electron chi connectivity index (χ2n) is 3.88. The van der Waals surface area contributed by atoms with Crippen molar-refractivity contribution in [2.75, 3.05) is 11.9 Å². The third-order valence-corrected chi connectivity index (χ3v) is 4.32. The molecule has 0 saturated carbocycles. The van der Waals surface area contributed by atoms with Gasteiger partial charge in [-0.3, -0.25) is 0 Å². The zero-order chi connectivity index (χ0) is 13.0. The summed E-state index contributed by atoms with van der Waals surface area (Å²) < 4.78 is 1.07. The maximum atomic E-state index is 4.48. The Bertz CT molecular complexity index is 525. The monoisotopic (exact) mass is 280 g/mol. The molecule has 96 valence electrons. The van der Waals surface area contributed by atoms with Crippen molar-refractivity contribution in [1.82, 2.24) is 15.0 Å². The molecule has 0 fully saturated rings. The Morgan fingerprint density at radius 1 is 1.22 bits per heavy atom. The highest BCUT2D eigenvalue weighted by molar-refractivity contribution is 8.00. The van der Waals surface area contributed by atoms with Gasteiger partial charge in [0.05, 0.1) is 5.75 Å². The van der Waals surface area contributed by atoms with Crippen LogP contribution in [0.4, 0.5) is 5.82 Å². The summed E-state index contributed by atoms with van der Waals surface area (Å²) in [5.41, 5.74) is 2.06. The second-order valence-corrected chi connectivity index (χ2v) is 5.97. The zero-order valence-electron chi connectivity index (χ0n) is 10.7. The van der Waals surface area contributed by atoms with Crippen LogP contribution in [0.5, 0.6) is 0 Å². The van der Waals surface area contributed by atoms with Crippen LogP contribution in [0, 0.1) is 13.8 Å². The van der Waals surface area contributed by atoms with Gasteiger partial charge in [0, 0.05) is 29.4 Å². The van der Waals surface area contributed by atoms with Crippen molar-refractivity contribution in [3.8, 4) is 0 Å². The zero-order valence-corrected chi connectivity index (χ0v) is 12.4. The van der Waals surface area contributed by atoms with Gasteiger partial charge in [-0.15, -0.1) is 11.3 Å². The average Bonchev–Trinajstić information content (AvgIpc) is 2.72. The molecule has 2 rings (SSSR count). The van der Waals surface area contributed by atoms with E-state index < -0.39 is 0 Å². The van der Waals surface area contributed by atoms with E-state index in [0.717, 1.165) is 39.7 Å². The van der Waals surface area contributed by atoms with E-state index in [1.807, 2.05) is 19.9 Å².